The molecule has 1 aromatic carbocycles. The third kappa shape index (κ3) is 5.22. The number of rotatable bonds is 9. The van der Waals surface area contributed by atoms with E-state index >= 15 is 0 Å². The first-order valence-corrected chi connectivity index (χ1v) is 12.7. The lowest BCUT2D eigenvalue weighted by molar-refractivity contribution is -0.113. The van der Waals surface area contributed by atoms with Gasteiger partial charge in [0.1, 0.15) is 0 Å². The molecule has 0 aliphatic rings. The van der Waals surface area contributed by atoms with Crippen molar-refractivity contribution < 1.29 is 13.2 Å². The summed E-state index contributed by atoms with van der Waals surface area (Å²) in [4.78, 5) is 17.7. The van der Waals surface area contributed by atoms with Crippen LogP contribution in [-0.4, -0.2) is 52.7 Å². The number of benzene rings is 1. The van der Waals surface area contributed by atoms with Crippen molar-refractivity contribution in [3.8, 4) is 10.7 Å². The molecule has 2 heterocycles. The van der Waals surface area contributed by atoms with Gasteiger partial charge in [-0.05, 0) is 29.6 Å². The van der Waals surface area contributed by atoms with Crippen LogP contribution in [0.15, 0.2) is 45.8 Å². The quantitative estimate of drug-likeness (QED) is 0.444. The van der Waals surface area contributed by atoms with Gasteiger partial charge < -0.3 is 5.32 Å². The van der Waals surface area contributed by atoms with Gasteiger partial charge in [-0.15, -0.1) is 16.4 Å². The molecule has 0 aliphatic carbocycles. The average molecular weight is 486 g/mol. The van der Waals surface area contributed by atoms with E-state index in [0.29, 0.717) is 24.1 Å². The zero-order chi connectivity index (χ0) is 21.7. The van der Waals surface area contributed by atoms with Crippen LogP contribution < -0.4 is 5.32 Å². The van der Waals surface area contributed by atoms with Crippen LogP contribution in [-0.2, 0) is 14.8 Å². The molecule has 3 aromatic rings. The second-order valence-electron chi connectivity index (χ2n) is 6.01. The van der Waals surface area contributed by atoms with Crippen molar-refractivity contribution in [3.63, 3.8) is 0 Å². The number of sulfonamides is 1. The Morgan fingerprint density at radius 1 is 1.30 bits per heavy atom. The Labute approximate surface area is 188 Å². The molecule has 160 valence electrons. The first kappa shape index (κ1) is 22.8. The molecular formula is C18H20ClN5O3S3. The van der Waals surface area contributed by atoms with Crippen LogP contribution in [0.2, 0.25) is 5.02 Å². The molecule has 0 radical (unpaired) electrons. The van der Waals surface area contributed by atoms with Crippen molar-refractivity contribution >= 4 is 56.3 Å². The predicted molar refractivity (Wildman–Crippen MR) is 121 cm³/mol. The summed E-state index contributed by atoms with van der Waals surface area (Å²) < 4.78 is 26.7. The normalized spacial score (nSPS) is 11.7. The molecule has 0 aliphatic heterocycles. The van der Waals surface area contributed by atoms with E-state index in [1.807, 2.05) is 17.5 Å². The van der Waals surface area contributed by atoms with Crippen molar-refractivity contribution in [3.05, 3.63) is 40.7 Å². The number of nitrogens with zero attached hydrogens (tertiary/aromatic N) is 3. The van der Waals surface area contributed by atoms with E-state index in [9.17, 15) is 13.2 Å². The molecule has 0 saturated carbocycles. The van der Waals surface area contributed by atoms with Gasteiger partial charge in [-0.2, -0.15) is 4.31 Å². The third-order valence-corrected chi connectivity index (χ3v) is 8.21. The second-order valence-corrected chi connectivity index (χ2v) is 10.2. The van der Waals surface area contributed by atoms with Crippen molar-refractivity contribution in [2.75, 3.05) is 24.2 Å². The Morgan fingerprint density at radius 2 is 2.07 bits per heavy atom. The van der Waals surface area contributed by atoms with Crippen LogP contribution >= 0.6 is 34.7 Å². The minimum atomic E-state index is -3.66. The van der Waals surface area contributed by atoms with Gasteiger partial charge in [0.05, 0.1) is 26.2 Å². The zero-order valence-corrected chi connectivity index (χ0v) is 19.5. The highest BCUT2D eigenvalue weighted by Gasteiger charge is 2.23. The number of aromatic nitrogens is 3. The fourth-order valence-electron chi connectivity index (χ4n) is 2.62. The summed E-state index contributed by atoms with van der Waals surface area (Å²) in [6.07, 6.45) is 0. The first-order chi connectivity index (χ1) is 14.3. The Morgan fingerprint density at radius 3 is 2.73 bits per heavy atom. The number of amides is 1. The summed E-state index contributed by atoms with van der Waals surface area (Å²) in [5, 5.41) is 12.2. The van der Waals surface area contributed by atoms with Gasteiger partial charge in [-0.25, -0.2) is 13.4 Å². The molecule has 8 nitrogen and oxygen atoms in total. The van der Waals surface area contributed by atoms with Crippen LogP contribution in [0, 0.1) is 0 Å². The van der Waals surface area contributed by atoms with E-state index in [1.54, 1.807) is 13.8 Å². The van der Waals surface area contributed by atoms with Crippen LogP contribution in [0.25, 0.3) is 10.7 Å². The highest BCUT2D eigenvalue weighted by atomic mass is 35.5. The number of carbonyl (C=O) groups excluding carboxylic acids is 1. The summed E-state index contributed by atoms with van der Waals surface area (Å²) in [6.45, 7) is 4.24. The highest BCUT2D eigenvalue weighted by molar-refractivity contribution is 7.99. The van der Waals surface area contributed by atoms with Crippen LogP contribution in [0.3, 0.4) is 0 Å². The number of thioether (sulfide) groups is 1. The molecule has 2 N–H and O–H groups in total. The number of hydrogen-bond donors (Lipinski definition) is 2. The van der Waals surface area contributed by atoms with Gasteiger partial charge in [-0.3, -0.25) is 9.89 Å². The first-order valence-electron chi connectivity index (χ1n) is 9.03. The maximum Gasteiger partial charge on any atom is 0.243 e. The third-order valence-electron chi connectivity index (χ3n) is 4.11. The monoisotopic (exact) mass is 485 g/mol. The van der Waals surface area contributed by atoms with Crippen molar-refractivity contribution in [1.29, 1.82) is 0 Å². The van der Waals surface area contributed by atoms with Crippen molar-refractivity contribution in [2.45, 2.75) is 23.9 Å². The molecular weight excluding hydrogens is 466 g/mol. The topological polar surface area (TPSA) is 108 Å². The minimum absolute atomic E-state index is 0.0467. The number of anilines is 1. The minimum Gasteiger partial charge on any atom is -0.324 e. The molecule has 0 bridgehead atoms. The Bertz CT molecular complexity index is 1110. The van der Waals surface area contributed by atoms with Gasteiger partial charge in [0.25, 0.3) is 0 Å². The largest absolute Gasteiger partial charge is 0.324 e. The zero-order valence-electron chi connectivity index (χ0n) is 16.3. The van der Waals surface area contributed by atoms with Crippen molar-refractivity contribution in [1.82, 2.24) is 19.5 Å². The molecule has 0 fully saturated rings. The SMILES string of the molecule is CCN(CC)S(=O)(=O)c1ccc(Cl)c(NC(=O)CSc2n[nH]c(-c3cccs3)n2)c1. The van der Waals surface area contributed by atoms with Crippen LogP contribution in [0.5, 0.6) is 0 Å². The molecule has 0 spiro atoms. The van der Waals surface area contributed by atoms with Gasteiger partial charge in [0, 0.05) is 13.1 Å². The van der Waals surface area contributed by atoms with E-state index in [2.05, 4.69) is 20.5 Å². The number of halogens is 1. The number of H-pyrrole nitrogens is 1. The second kappa shape index (κ2) is 9.92. The molecule has 0 saturated heterocycles. The summed E-state index contributed by atoms with van der Waals surface area (Å²) in [6, 6.07) is 8.11. The molecule has 12 heteroatoms. The Kier molecular flexibility index (Phi) is 7.53. The van der Waals surface area contributed by atoms with E-state index < -0.39 is 10.0 Å². The molecule has 0 atom stereocenters. The van der Waals surface area contributed by atoms with Gasteiger partial charge in [-0.1, -0.05) is 43.3 Å². The molecule has 3 rings (SSSR count). The van der Waals surface area contributed by atoms with E-state index in [4.69, 9.17) is 11.6 Å². The van der Waals surface area contributed by atoms with Gasteiger partial charge in [0.2, 0.25) is 21.1 Å². The lowest BCUT2D eigenvalue weighted by Gasteiger charge is -2.19. The molecule has 0 unspecified atom stereocenters. The smallest absolute Gasteiger partial charge is 0.243 e. The van der Waals surface area contributed by atoms with Gasteiger partial charge >= 0.3 is 0 Å². The number of thiophene rings is 1. The summed E-state index contributed by atoms with van der Waals surface area (Å²) in [5.41, 5.74) is 0.241. The fourth-order valence-corrected chi connectivity index (χ4v) is 5.54. The molecule has 2 aromatic heterocycles. The van der Waals surface area contributed by atoms with E-state index in [1.165, 1.54) is 33.8 Å². The van der Waals surface area contributed by atoms with Crippen LogP contribution in [0.4, 0.5) is 5.69 Å². The Hall–Kier alpha value is -1.92. The summed E-state index contributed by atoms with van der Waals surface area (Å²) in [7, 11) is -3.66. The predicted octanol–water partition coefficient (Wildman–Crippen LogP) is 3.95. The summed E-state index contributed by atoms with van der Waals surface area (Å²) >= 11 is 8.86. The highest BCUT2D eigenvalue weighted by Crippen LogP contribution is 2.28. The maximum absolute atomic E-state index is 12.7. The van der Waals surface area contributed by atoms with E-state index in [-0.39, 0.29) is 27.3 Å². The standard InChI is InChI=1S/C18H20ClN5O3S3/c1-3-24(4-2)30(26,27)12-7-8-13(19)14(10-12)20-16(25)11-29-18-21-17(22-23-18)15-6-5-9-28-15/h5-10H,3-4,11H2,1-2H3,(H,20,25)(H,21,22,23). The molecule has 1 amide bonds. The number of nitrogens with one attached hydrogen (secondary N) is 2. The Balaban J connectivity index is 1.66. The lowest BCUT2D eigenvalue weighted by atomic mass is 10.3. The number of hydrogen-bond acceptors (Lipinski definition) is 7. The number of carbonyl (C=O) groups is 1. The molecule has 30 heavy (non-hydrogen) atoms. The maximum atomic E-state index is 12.7. The van der Waals surface area contributed by atoms with E-state index in [0.717, 1.165) is 16.6 Å². The number of aromatic amines is 1. The van der Waals surface area contributed by atoms with Crippen LogP contribution in [0.1, 0.15) is 13.8 Å². The average Bonchev–Trinajstić information content (AvgIpc) is 3.40. The summed E-state index contributed by atoms with van der Waals surface area (Å²) in [5.74, 6) is 0.345. The van der Waals surface area contributed by atoms with Crippen molar-refractivity contribution in [2.24, 2.45) is 0 Å². The van der Waals surface area contributed by atoms with Gasteiger partial charge in [0.15, 0.2) is 5.82 Å². The fraction of sp³-hybridized carbons (Fsp3) is 0.278. The lowest BCUT2D eigenvalue weighted by Crippen LogP contribution is -2.30.